The van der Waals surface area contributed by atoms with Crippen molar-refractivity contribution in [2.45, 2.75) is 6.42 Å². The molecule has 0 spiro atoms. The molecule has 3 rings (SSSR count). The van der Waals surface area contributed by atoms with E-state index in [9.17, 15) is 4.79 Å². The maximum Gasteiger partial charge on any atom is 0.168 e. The molecule has 0 N–H and O–H groups in total. The Bertz CT molecular complexity index is 733. The molecule has 0 atom stereocenters. The van der Waals surface area contributed by atoms with Crippen molar-refractivity contribution in [3.05, 3.63) is 64.3 Å². The van der Waals surface area contributed by atoms with Gasteiger partial charge in [-0.1, -0.05) is 29.8 Å². The fraction of sp³-hybridized carbons (Fsp3) is 0.0667. The normalized spacial score (nSPS) is 10.8. The SMILES string of the molecule is O=C(Cc1csc2ccccc12)c1ccc(Cl)nc1. The first-order valence-electron chi connectivity index (χ1n) is 5.84. The summed E-state index contributed by atoms with van der Waals surface area (Å²) in [6.45, 7) is 0. The number of thiophene rings is 1. The highest BCUT2D eigenvalue weighted by atomic mass is 35.5. The average molecular weight is 288 g/mol. The molecule has 0 fully saturated rings. The Labute approximate surface area is 119 Å². The fourth-order valence-corrected chi connectivity index (χ4v) is 3.06. The minimum Gasteiger partial charge on any atom is -0.294 e. The Kier molecular flexibility index (Phi) is 3.32. The molecule has 0 radical (unpaired) electrons. The zero-order valence-electron chi connectivity index (χ0n) is 9.97. The van der Waals surface area contributed by atoms with Crippen LogP contribution in [0.15, 0.2) is 48.0 Å². The number of carbonyl (C=O) groups excluding carboxylic acids is 1. The van der Waals surface area contributed by atoms with Crippen molar-refractivity contribution in [1.82, 2.24) is 4.98 Å². The number of carbonyl (C=O) groups is 1. The second-order valence-corrected chi connectivity index (χ2v) is 5.53. The molecule has 0 bridgehead atoms. The lowest BCUT2D eigenvalue weighted by atomic mass is 10.0. The molecule has 0 aliphatic carbocycles. The van der Waals surface area contributed by atoms with Gasteiger partial charge in [-0.25, -0.2) is 4.98 Å². The van der Waals surface area contributed by atoms with Gasteiger partial charge in [-0.15, -0.1) is 11.3 Å². The van der Waals surface area contributed by atoms with Gasteiger partial charge < -0.3 is 0 Å². The second kappa shape index (κ2) is 5.11. The van der Waals surface area contributed by atoms with Crippen LogP contribution in [-0.2, 0) is 6.42 Å². The molecule has 2 nitrogen and oxygen atoms in total. The van der Waals surface area contributed by atoms with Gasteiger partial charge in [-0.3, -0.25) is 4.79 Å². The van der Waals surface area contributed by atoms with Crippen molar-refractivity contribution >= 4 is 38.8 Å². The lowest BCUT2D eigenvalue weighted by molar-refractivity contribution is 0.0993. The summed E-state index contributed by atoms with van der Waals surface area (Å²) >= 11 is 7.38. The van der Waals surface area contributed by atoms with Crippen molar-refractivity contribution in [1.29, 1.82) is 0 Å². The molecule has 2 aromatic heterocycles. The number of pyridine rings is 1. The lowest BCUT2D eigenvalue weighted by Gasteiger charge is -2.00. The maximum absolute atomic E-state index is 12.2. The molecule has 0 aliphatic rings. The Hall–Kier alpha value is -1.71. The predicted octanol–water partition coefficient (Wildman–Crippen LogP) is 4.38. The van der Waals surface area contributed by atoms with Crippen LogP contribution < -0.4 is 0 Å². The van der Waals surface area contributed by atoms with Crippen LogP contribution in [0.2, 0.25) is 5.15 Å². The Morgan fingerprint density at radius 2 is 2.05 bits per heavy atom. The fourth-order valence-electron chi connectivity index (χ4n) is 1.99. The maximum atomic E-state index is 12.2. The number of aromatic nitrogens is 1. The van der Waals surface area contributed by atoms with Crippen LogP contribution in [0.5, 0.6) is 0 Å². The van der Waals surface area contributed by atoms with E-state index in [2.05, 4.69) is 17.1 Å². The summed E-state index contributed by atoms with van der Waals surface area (Å²) in [4.78, 5) is 16.1. The van der Waals surface area contributed by atoms with E-state index in [-0.39, 0.29) is 5.78 Å². The van der Waals surface area contributed by atoms with Crippen LogP contribution in [0.25, 0.3) is 10.1 Å². The van der Waals surface area contributed by atoms with E-state index in [1.165, 1.54) is 10.9 Å². The third kappa shape index (κ3) is 2.53. The summed E-state index contributed by atoms with van der Waals surface area (Å²) in [7, 11) is 0. The van der Waals surface area contributed by atoms with Crippen LogP contribution in [0.1, 0.15) is 15.9 Å². The molecule has 0 saturated carbocycles. The summed E-state index contributed by atoms with van der Waals surface area (Å²) in [5.41, 5.74) is 1.67. The molecule has 94 valence electrons. The van der Waals surface area contributed by atoms with Crippen LogP contribution in [0.4, 0.5) is 0 Å². The molecule has 2 heterocycles. The van der Waals surface area contributed by atoms with Gasteiger partial charge in [0.1, 0.15) is 5.15 Å². The van der Waals surface area contributed by atoms with Crippen LogP contribution in [0, 0.1) is 0 Å². The highest BCUT2D eigenvalue weighted by molar-refractivity contribution is 7.17. The molecule has 19 heavy (non-hydrogen) atoms. The summed E-state index contributed by atoms with van der Waals surface area (Å²) in [5, 5.41) is 3.60. The molecule has 3 aromatic rings. The number of benzene rings is 1. The van der Waals surface area contributed by atoms with Gasteiger partial charge in [0.2, 0.25) is 0 Å². The summed E-state index contributed by atoms with van der Waals surface area (Å²) < 4.78 is 1.21. The summed E-state index contributed by atoms with van der Waals surface area (Å²) in [6, 6.07) is 11.5. The first-order valence-corrected chi connectivity index (χ1v) is 7.09. The van der Waals surface area contributed by atoms with Crippen molar-refractivity contribution < 1.29 is 4.79 Å². The number of halogens is 1. The van der Waals surface area contributed by atoms with Crippen molar-refractivity contribution in [2.24, 2.45) is 0 Å². The van der Waals surface area contributed by atoms with Crippen LogP contribution >= 0.6 is 22.9 Å². The van der Waals surface area contributed by atoms with E-state index < -0.39 is 0 Å². The number of hydrogen-bond acceptors (Lipinski definition) is 3. The Morgan fingerprint density at radius 3 is 2.84 bits per heavy atom. The average Bonchev–Trinajstić information content (AvgIpc) is 2.83. The third-order valence-corrected chi connectivity index (χ3v) is 4.20. The number of hydrogen-bond donors (Lipinski definition) is 0. The van der Waals surface area contributed by atoms with E-state index in [1.807, 2.05) is 17.5 Å². The summed E-state index contributed by atoms with van der Waals surface area (Å²) in [6.07, 6.45) is 1.92. The number of fused-ring (bicyclic) bond motifs is 1. The number of nitrogens with zero attached hydrogens (tertiary/aromatic N) is 1. The minimum atomic E-state index is 0.0627. The number of rotatable bonds is 3. The first kappa shape index (κ1) is 12.3. The molecule has 0 aliphatic heterocycles. The number of ketones is 1. The largest absolute Gasteiger partial charge is 0.294 e. The smallest absolute Gasteiger partial charge is 0.168 e. The van der Waals surface area contributed by atoms with Gasteiger partial charge in [-0.05, 0) is 34.5 Å². The molecular weight excluding hydrogens is 278 g/mol. The molecule has 0 unspecified atom stereocenters. The number of Topliss-reactive ketones (excluding diaryl/α,β-unsaturated/α-hetero) is 1. The quantitative estimate of drug-likeness (QED) is 0.529. The van der Waals surface area contributed by atoms with E-state index >= 15 is 0 Å². The predicted molar refractivity (Wildman–Crippen MR) is 79.1 cm³/mol. The zero-order chi connectivity index (χ0) is 13.2. The van der Waals surface area contributed by atoms with Crippen molar-refractivity contribution in [3.8, 4) is 0 Å². The molecule has 0 saturated heterocycles. The highest BCUT2D eigenvalue weighted by Crippen LogP contribution is 2.26. The molecule has 4 heteroatoms. The van der Waals surface area contributed by atoms with Crippen LogP contribution in [-0.4, -0.2) is 10.8 Å². The summed E-state index contributed by atoms with van der Waals surface area (Å²) in [5.74, 6) is 0.0627. The lowest BCUT2D eigenvalue weighted by Crippen LogP contribution is -2.03. The van der Waals surface area contributed by atoms with Gasteiger partial charge in [0.25, 0.3) is 0 Å². The topological polar surface area (TPSA) is 30.0 Å². The standard InChI is InChI=1S/C15H10ClNOS/c16-15-6-5-10(8-17-15)13(18)7-11-9-19-14-4-2-1-3-12(11)14/h1-6,8-9H,7H2. The molecular formula is C15H10ClNOS. The third-order valence-electron chi connectivity index (χ3n) is 2.96. The zero-order valence-corrected chi connectivity index (χ0v) is 11.5. The second-order valence-electron chi connectivity index (χ2n) is 4.23. The van der Waals surface area contributed by atoms with Gasteiger partial charge >= 0.3 is 0 Å². The van der Waals surface area contributed by atoms with Crippen molar-refractivity contribution in [2.75, 3.05) is 0 Å². The minimum absolute atomic E-state index is 0.0627. The highest BCUT2D eigenvalue weighted by Gasteiger charge is 2.11. The van der Waals surface area contributed by atoms with Gasteiger partial charge in [0.15, 0.2) is 5.78 Å². The van der Waals surface area contributed by atoms with Gasteiger partial charge in [-0.2, -0.15) is 0 Å². The van der Waals surface area contributed by atoms with Crippen LogP contribution in [0.3, 0.4) is 0 Å². The van der Waals surface area contributed by atoms with E-state index in [1.54, 1.807) is 23.5 Å². The first-order chi connectivity index (χ1) is 9.24. The van der Waals surface area contributed by atoms with Gasteiger partial charge in [0, 0.05) is 22.9 Å². The van der Waals surface area contributed by atoms with Crippen molar-refractivity contribution in [3.63, 3.8) is 0 Å². The van der Waals surface area contributed by atoms with E-state index in [0.717, 1.165) is 10.9 Å². The Morgan fingerprint density at radius 1 is 1.21 bits per heavy atom. The van der Waals surface area contributed by atoms with E-state index in [4.69, 9.17) is 11.6 Å². The monoisotopic (exact) mass is 287 g/mol. The molecule has 1 aromatic carbocycles. The van der Waals surface area contributed by atoms with E-state index in [0.29, 0.717) is 17.1 Å². The molecule has 0 amide bonds. The van der Waals surface area contributed by atoms with Gasteiger partial charge in [0.05, 0.1) is 0 Å². The Balaban J connectivity index is 1.89.